The lowest BCUT2D eigenvalue weighted by molar-refractivity contribution is -0.333. The van der Waals surface area contributed by atoms with Crippen molar-refractivity contribution in [3.63, 3.8) is 0 Å². The number of carbonyl (C=O) groups excluding carboxylic acids is 2. The van der Waals surface area contributed by atoms with Gasteiger partial charge in [-0.3, -0.25) is 14.6 Å². The van der Waals surface area contributed by atoms with Crippen molar-refractivity contribution in [3.05, 3.63) is 60.3 Å². The third-order valence-corrected chi connectivity index (χ3v) is 14.7. The highest BCUT2D eigenvalue weighted by molar-refractivity contribution is 5.90. The molecule has 0 unspecified atom stereocenters. The van der Waals surface area contributed by atoms with Crippen LogP contribution in [0.4, 0.5) is 0 Å². The van der Waals surface area contributed by atoms with Crippen molar-refractivity contribution in [1.29, 1.82) is 0 Å². The zero-order chi connectivity index (χ0) is 57.1. The number of carboxylic acid groups (broad SMARTS) is 1. The van der Waals surface area contributed by atoms with E-state index in [2.05, 4.69) is 27.8 Å². The van der Waals surface area contributed by atoms with Crippen LogP contribution in [0.1, 0.15) is 138 Å². The van der Waals surface area contributed by atoms with Gasteiger partial charge in [0.25, 0.3) is 0 Å². The number of aliphatic imine (C=N–C) groups is 1. The first-order valence-electron chi connectivity index (χ1n) is 27.2. The molecule has 0 aromatic heterocycles. The van der Waals surface area contributed by atoms with Crippen molar-refractivity contribution < 1.29 is 84.8 Å². The number of fused-ring (bicyclic) bond motifs is 2. The third kappa shape index (κ3) is 25.6. The Hall–Kier alpha value is -4.06. The van der Waals surface area contributed by atoms with Gasteiger partial charge in [0, 0.05) is 83.0 Å². The molecule has 0 aromatic rings. The number of nitrogens with one attached hydrogen (secondary N) is 2. The SMILES string of the molecule is CN=C(NC)NCCC/C=C/CCC[C@H](C)[C@H]1OC(=O)C=CC=C[C@@H](C)[C@H](O)C[C@H](O)[C@@H](C)[C@H](O)CC[C@H](C)[C@H](O)C[C@@]2(O)O[C@H](C[C@@H](OC(=O)CC(=O)O)C[C@@H](O)C[C@@H](O)C[C@H](O)C(C)=CC=C[C@@H]1C)C[C@H](O)[C@H]2O. The van der Waals surface area contributed by atoms with Crippen LogP contribution in [-0.2, 0) is 28.6 Å². The summed E-state index contributed by atoms with van der Waals surface area (Å²) in [4.78, 5) is 41.3. The number of hydrogen-bond acceptors (Lipinski definition) is 17. The van der Waals surface area contributed by atoms with Crippen LogP contribution in [0, 0.1) is 29.6 Å². The molecule has 2 bridgehead atoms. The number of rotatable bonds is 12. The molecule has 1 saturated heterocycles. The molecule has 0 saturated carbocycles. The number of carboxylic acids is 1. The van der Waals surface area contributed by atoms with E-state index in [0.717, 1.165) is 44.6 Å². The van der Waals surface area contributed by atoms with Crippen LogP contribution in [0.25, 0.3) is 0 Å². The fourth-order valence-corrected chi connectivity index (χ4v) is 9.52. The van der Waals surface area contributed by atoms with Crippen LogP contribution in [0.3, 0.4) is 0 Å². The van der Waals surface area contributed by atoms with E-state index >= 15 is 0 Å². The predicted molar refractivity (Wildman–Crippen MR) is 287 cm³/mol. The topological polar surface area (TPSA) is 338 Å². The highest BCUT2D eigenvalue weighted by Gasteiger charge is 2.50. The number of allylic oxidation sites excluding steroid dienone is 6. The number of carbonyl (C=O) groups is 3. The molecule has 2 rings (SSSR count). The van der Waals surface area contributed by atoms with Gasteiger partial charge in [0.1, 0.15) is 24.7 Å². The Balaban J connectivity index is 2.39. The quantitative estimate of drug-likeness (QED) is 0.0333. The number of aliphatic hydroxyl groups excluding tert-OH is 9. The van der Waals surface area contributed by atoms with Crippen molar-refractivity contribution in [2.24, 2.45) is 34.6 Å². The van der Waals surface area contributed by atoms with Gasteiger partial charge in [0.15, 0.2) is 11.7 Å². The normalized spacial score (nSPS) is 35.6. The van der Waals surface area contributed by atoms with Gasteiger partial charge in [0.05, 0.1) is 54.9 Å². The van der Waals surface area contributed by atoms with Crippen LogP contribution in [0.15, 0.2) is 65.2 Å². The summed E-state index contributed by atoms with van der Waals surface area (Å²) >= 11 is 0. The maximum Gasteiger partial charge on any atom is 0.331 e. The van der Waals surface area contributed by atoms with Crippen LogP contribution in [0.5, 0.6) is 0 Å². The molecule has 1 fully saturated rings. The molecule has 13 N–H and O–H groups in total. The second-order valence-electron chi connectivity index (χ2n) is 21.3. The fourth-order valence-electron chi connectivity index (χ4n) is 9.52. The molecular weight excluding hydrogens is 987 g/mol. The van der Waals surface area contributed by atoms with Crippen LogP contribution >= 0.6 is 0 Å². The summed E-state index contributed by atoms with van der Waals surface area (Å²) in [5.74, 6) is -7.07. The Bertz CT molecular complexity index is 1900. The molecule has 0 amide bonds. The van der Waals surface area contributed by atoms with Gasteiger partial charge in [-0.1, -0.05) is 83.2 Å². The van der Waals surface area contributed by atoms with Gasteiger partial charge < -0.3 is 81.0 Å². The van der Waals surface area contributed by atoms with Crippen LogP contribution in [0.2, 0.25) is 0 Å². The van der Waals surface area contributed by atoms with E-state index < -0.39 is 128 Å². The standard InChI is InChI=1S/C56H95N3O17/c1-34-18-14-15-22-51(70)75-53(37(4)19-13-11-9-10-12-16-25-59-55(57-7)58-8)38(5)21-17-20-35(2)45(63)28-41(61)26-40(60)27-42(74-52(71)32-50(68)69)29-43-30-48(66)54(72)56(73,76-43)33-49(67)36(3)23-24-44(62)39(6)47(65)31-46(34)64/h9-10,14-15,17-18,20-22,34,36-49,53-54,60-67,72-73H,11-13,16,19,23-33H2,1-8H3,(H,68,69)(H2,57,58,59)/b10-9+,18-14?,21-17?,22-15?,35-20?/t34-,36+,37+,38+,39+,40+,41-,42+,43-,44-,45+,46-,47+,48+,49-,53-,54-,56-/m1/s1. The molecule has 20 heteroatoms. The number of aliphatic carboxylic acids is 1. The van der Waals surface area contributed by atoms with Crippen molar-refractivity contribution in [2.45, 2.75) is 217 Å². The smallest absolute Gasteiger partial charge is 0.331 e. The van der Waals surface area contributed by atoms with Gasteiger partial charge in [-0.15, -0.1) is 0 Å². The Morgan fingerprint density at radius 1 is 0.816 bits per heavy atom. The largest absolute Gasteiger partial charge is 0.481 e. The molecular formula is C56H95N3O17. The van der Waals surface area contributed by atoms with Crippen molar-refractivity contribution >= 4 is 23.9 Å². The summed E-state index contributed by atoms with van der Waals surface area (Å²) in [6.45, 7) is 11.4. The molecule has 2 aliphatic rings. The monoisotopic (exact) mass is 1080 g/mol. The summed E-state index contributed by atoms with van der Waals surface area (Å²) in [6.07, 6.45) is 2.44. The number of esters is 2. The van der Waals surface area contributed by atoms with Crippen molar-refractivity contribution in [1.82, 2.24) is 10.6 Å². The molecule has 2 heterocycles. The molecule has 76 heavy (non-hydrogen) atoms. The average Bonchev–Trinajstić information content (AvgIpc) is 3.34. The molecule has 0 spiro atoms. The molecule has 2 aliphatic heterocycles. The van der Waals surface area contributed by atoms with Crippen LogP contribution < -0.4 is 10.6 Å². The Morgan fingerprint density at radius 3 is 2.13 bits per heavy atom. The highest BCUT2D eigenvalue weighted by atomic mass is 16.7. The third-order valence-electron chi connectivity index (χ3n) is 14.7. The summed E-state index contributed by atoms with van der Waals surface area (Å²) in [5.41, 5.74) is 0.484. The summed E-state index contributed by atoms with van der Waals surface area (Å²) in [6, 6.07) is 0. The first-order valence-corrected chi connectivity index (χ1v) is 27.2. The molecule has 0 radical (unpaired) electrons. The minimum atomic E-state index is -2.52. The number of ether oxygens (including phenoxy) is 3. The lowest BCUT2D eigenvalue weighted by Gasteiger charge is -2.45. The molecule has 436 valence electrons. The highest BCUT2D eigenvalue weighted by Crippen LogP contribution is 2.36. The number of aliphatic hydroxyl groups is 10. The number of guanidine groups is 1. The van der Waals surface area contributed by atoms with Crippen molar-refractivity contribution in [3.8, 4) is 0 Å². The summed E-state index contributed by atoms with van der Waals surface area (Å²) in [5, 5.41) is 126. The Kier molecular flexibility index (Phi) is 31.7. The van der Waals surface area contributed by atoms with E-state index in [9.17, 15) is 70.6 Å². The second-order valence-corrected chi connectivity index (χ2v) is 21.3. The van der Waals surface area contributed by atoms with Gasteiger partial charge >= 0.3 is 17.9 Å². The van der Waals surface area contributed by atoms with E-state index in [1.165, 1.54) is 12.2 Å². The Morgan fingerprint density at radius 2 is 1.47 bits per heavy atom. The zero-order valence-electron chi connectivity index (χ0n) is 46.1. The number of nitrogens with zero attached hydrogens (tertiary/aromatic N) is 1. The maximum atomic E-state index is 13.3. The minimum absolute atomic E-state index is 0.0526. The average molecular weight is 1080 g/mol. The number of unbranched alkanes of at least 4 members (excludes halogenated alkanes) is 2. The zero-order valence-corrected chi connectivity index (χ0v) is 46.1. The molecule has 0 aliphatic carbocycles. The van der Waals surface area contributed by atoms with Gasteiger partial charge in [-0.25, -0.2) is 4.79 Å². The van der Waals surface area contributed by atoms with E-state index in [0.29, 0.717) is 5.57 Å². The van der Waals surface area contributed by atoms with E-state index in [1.54, 1.807) is 59.0 Å². The Labute approximate surface area is 450 Å². The van der Waals surface area contributed by atoms with E-state index in [4.69, 9.17) is 14.2 Å². The summed E-state index contributed by atoms with van der Waals surface area (Å²) in [7, 11) is 3.53. The van der Waals surface area contributed by atoms with Gasteiger partial charge in [0.2, 0.25) is 0 Å². The molecule has 20 nitrogen and oxygen atoms in total. The van der Waals surface area contributed by atoms with E-state index in [-0.39, 0.29) is 63.2 Å². The molecule has 18 atom stereocenters. The summed E-state index contributed by atoms with van der Waals surface area (Å²) < 4.78 is 17.4. The first-order chi connectivity index (χ1) is 35.8. The van der Waals surface area contributed by atoms with Crippen molar-refractivity contribution in [2.75, 3.05) is 20.6 Å². The second kappa shape index (κ2) is 35.4. The predicted octanol–water partition coefficient (Wildman–Crippen LogP) is 3.24. The lowest BCUT2D eigenvalue weighted by Crippen LogP contribution is -2.60. The number of cyclic esters (lactones) is 1. The first kappa shape index (κ1) is 68.0. The van der Waals surface area contributed by atoms with Gasteiger partial charge in [-0.05, 0) is 75.7 Å². The lowest BCUT2D eigenvalue weighted by atomic mass is 9.84. The van der Waals surface area contributed by atoms with Gasteiger partial charge in [-0.2, -0.15) is 0 Å². The fraction of sp³-hybridized carbons (Fsp3) is 0.750. The minimum Gasteiger partial charge on any atom is -0.481 e. The maximum absolute atomic E-state index is 13.3. The number of hydrogen-bond donors (Lipinski definition) is 13. The van der Waals surface area contributed by atoms with Crippen LogP contribution in [-0.4, -0.2) is 180 Å². The van der Waals surface area contributed by atoms with E-state index in [1.807, 2.05) is 27.0 Å². The molecule has 0 aromatic carbocycles.